The number of nitrogens with two attached hydrogens (primary N) is 3. The summed E-state index contributed by atoms with van der Waals surface area (Å²) in [5, 5.41) is 5.98. The largest absolute Gasteiger partial charge is 0.380 e. The predicted molar refractivity (Wildman–Crippen MR) is 152 cm³/mol. The first-order chi connectivity index (χ1) is 16.7. The van der Waals surface area contributed by atoms with Crippen molar-refractivity contribution in [2.45, 2.75) is 93.5 Å². The lowest BCUT2D eigenvalue weighted by molar-refractivity contribution is -0.122. The summed E-state index contributed by atoms with van der Waals surface area (Å²) < 4.78 is 11.7. The van der Waals surface area contributed by atoms with Crippen LogP contribution in [0.3, 0.4) is 0 Å². The van der Waals surface area contributed by atoms with E-state index in [1.807, 2.05) is 6.92 Å². The lowest BCUT2D eigenvalue weighted by Crippen LogP contribution is -2.42. The molecule has 0 radical (unpaired) electrons. The van der Waals surface area contributed by atoms with Crippen LogP contribution < -0.4 is 27.8 Å². The number of carbonyl (C=O) groups is 2. The summed E-state index contributed by atoms with van der Waals surface area (Å²) in [6, 6.07) is 0. The molecule has 0 atom stereocenters. The zero-order valence-electron chi connectivity index (χ0n) is 25.4. The van der Waals surface area contributed by atoms with Gasteiger partial charge in [0.1, 0.15) is 0 Å². The molecule has 0 fully saturated rings. The van der Waals surface area contributed by atoms with Gasteiger partial charge in [0.05, 0.1) is 26.4 Å². The van der Waals surface area contributed by atoms with Crippen LogP contribution in [-0.4, -0.2) is 70.0 Å². The van der Waals surface area contributed by atoms with Crippen LogP contribution in [0.1, 0.15) is 88.0 Å². The summed E-state index contributed by atoms with van der Waals surface area (Å²) in [5.74, 6) is -0.0906. The summed E-state index contributed by atoms with van der Waals surface area (Å²) in [5.41, 5.74) is 16.8. The Hall–Kier alpha value is -1.26. The van der Waals surface area contributed by atoms with E-state index in [0.717, 1.165) is 0 Å². The minimum absolute atomic E-state index is 0.0453. The van der Waals surface area contributed by atoms with Crippen LogP contribution >= 0.6 is 0 Å². The van der Waals surface area contributed by atoms with Crippen molar-refractivity contribution in [3.8, 4) is 0 Å². The summed E-state index contributed by atoms with van der Waals surface area (Å²) >= 11 is 0. The van der Waals surface area contributed by atoms with Gasteiger partial charge in [-0.15, -0.1) is 0 Å². The molecule has 0 aromatic heterocycles. The van der Waals surface area contributed by atoms with E-state index in [1.165, 1.54) is 0 Å². The van der Waals surface area contributed by atoms with Gasteiger partial charge in [-0.2, -0.15) is 0 Å². The number of ether oxygens (including phenoxy) is 2. The highest BCUT2D eigenvalue weighted by Gasteiger charge is 2.26. The van der Waals surface area contributed by atoms with E-state index in [-0.39, 0.29) is 33.5 Å². The van der Waals surface area contributed by atoms with Crippen LogP contribution in [0.4, 0.5) is 0 Å². The van der Waals surface area contributed by atoms with Crippen molar-refractivity contribution >= 4 is 11.8 Å². The summed E-state index contributed by atoms with van der Waals surface area (Å²) in [6.45, 7) is 22.8. The molecule has 0 aliphatic carbocycles. The minimum atomic E-state index is -0.604. The molecule has 2 amide bonds. The van der Waals surface area contributed by atoms with E-state index in [2.05, 4.69) is 66.0 Å². The van der Waals surface area contributed by atoms with Gasteiger partial charge < -0.3 is 37.3 Å². The Bertz CT molecular complexity index is 634. The van der Waals surface area contributed by atoms with Crippen LogP contribution in [0.5, 0.6) is 0 Å². The highest BCUT2D eigenvalue weighted by atomic mass is 16.5. The maximum Gasteiger partial charge on any atom is 0.220 e. The molecule has 0 aliphatic rings. The van der Waals surface area contributed by atoms with E-state index in [4.69, 9.17) is 26.7 Å². The molecule has 220 valence electrons. The van der Waals surface area contributed by atoms with Gasteiger partial charge in [0.25, 0.3) is 0 Å². The second kappa shape index (κ2) is 15.4. The smallest absolute Gasteiger partial charge is 0.220 e. The highest BCUT2D eigenvalue weighted by Crippen LogP contribution is 2.21. The molecule has 8 N–H and O–H groups in total. The monoisotopic (exact) mass is 529 g/mol. The van der Waals surface area contributed by atoms with Crippen molar-refractivity contribution in [1.82, 2.24) is 10.6 Å². The fourth-order valence-electron chi connectivity index (χ4n) is 3.20. The molecule has 9 heteroatoms. The predicted octanol–water partition coefficient (Wildman–Crippen LogP) is 2.55. The molecule has 0 aromatic rings. The summed E-state index contributed by atoms with van der Waals surface area (Å²) in [6.07, 6.45) is 1.64. The van der Waals surface area contributed by atoms with Gasteiger partial charge in [0.2, 0.25) is 11.8 Å². The topological polar surface area (TPSA) is 155 Å². The summed E-state index contributed by atoms with van der Waals surface area (Å²) in [7, 11) is 0. The summed E-state index contributed by atoms with van der Waals surface area (Å²) in [4.78, 5) is 24.8. The van der Waals surface area contributed by atoms with Gasteiger partial charge in [-0.25, -0.2) is 0 Å². The molecule has 9 nitrogen and oxygen atoms in total. The van der Waals surface area contributed by atoms with Gasteiger partial charge in [-0.3, -0.25) is 9.59 Å². The average molecular weight is 530 g/mol. The quantitative estimate of drug-likeness (QED) is 0.162. The number of nitrogens with one attached hydrogen (secondary N) is 2. The number of hydrogen-bond acceptors (Lipinski definition) is 7. The van der Waals surface area contributed by atoms with Crippen LogP contribution in [0.25, 0.3) is 0 Å². The molecule has 0 saturated carbocycles. The number of amides is 2. The average Bonchev–Trinajstić information content (AvgIpc) is 2.78. The third-order valence-corrected chi connectivity index (χ3v) is 6.45. The molecule has 0 unspecified atom stereocenters. The fraction of sp³-hybridized carbons (Fsp3) is 0.929. The van der Waals surface area contributed by atoms with Gasteiger partial charge in [0.15, 0.2) is 0 Å². The maximum atomic E-state index is 12.4. The molecule has 0 spiro atoms. The Morgan fingerprint density at radius 1 is 0.595 bits per heavy atom. The van der Waals surface area contributed by atoms with Crippen LogP contribution in [0, 0.1) is 21.7 Å². The van der Waals surface area contributed by atoms with E-state index in [0.29, 0.717) is 78.3 Å². The Morgan fingerprint density at radius 3 is 1.19 bits per heavy atom. The first kappa shape index (κ1) is 35.7. The van der Waals surface area contributed by atoms with Crippen LogP contribution in [0.2, 0.25) is 0 Å². The lowest BCUT2D eigenvalue weighted by atomic mass is 9.90. The van der Waals surface area contributed by atoms with E-state index in [9.17, 15) is 9.59 Å². The Kier molecular flexibility index (Phi) is 14.8. The number of rotatable bonds is 20. The fourth-order valence-corrected chi connectivity index (χ4v) is 3.20. The number of hydrogen-bond donors (Lipinski definition) is 5. The second-order valence-electron chi connectivity index (χ2n) is 14.3. The molecule has 0 rings (SSSR count). The van der Waals surface area contributed by atoms with Crippen molar-refractivity contribution in [2.75, 3.05) is 52.6 Å². The van der Waals surface area contributed by atoms with E-state index >= 15 is 0 Å². The molecular weight excluding hydrogens is 470 g/mol. The van der Waals surface area contributed by atoms with E-state index in [1.54, 1.807) is 0 Å². The second-order valence-corrected chi connectivity index (χ2v) is 14.3. The van der Waals surface area contributed by atoms with Gasteiger partial charge >= 0.3 is 0 Å². The molecular formula is C28H59N5O4. The Balaban J connectivity index is 4.28. The third-order valence-electron chi connectivity index (χ3n) is 6.45. The minimum Gasteiger partial charge on any atom is -0.380 e. The Labute approximate surface area is 226 Å². The van der Waals surface area contributed by atoms with Crippen molar-refractivity contribution in [1.29, 1.82) is 0 Å². The molecule has 0 bridgehead atoms. The zero-order chi connectivity index (χ0) is 29.0. The zero-order valence-corrected chi connectivity index (χ0v) is 25.4. The normalized spacial score (nSPS) is 13.5. The first-order valence-electron chi connectivity index (χ1n) is 13.6. The number of carbonyl (C=O) groups excluding carboxylic acids is 2. The third kappa shape index (κ3) is 18.6. The SMILES string of the molecule is CC(C)(CN)COCC(C)(C)CNC(=O)CCC(C)(N)CCC(=O)NCC(C)(C)COCC(C)(C)CN. The standard InChI is InChI=1S/C28H59N5O4/c1-24(2,14-29)18-36-20-26(5,6)16-32-22(34)10-12-28(9,31)13-11-23(35)33-17-27(7,8)21-37-19-25(3,4)15-30/h10-21,29-31H2,1-9H3,(H,32,34)(H,33,35). The first-order valence-corrected chi connectivity index (χ1v) is 13.6. The van der Waals surface area contributed by atoms with Crippen molar-refractivity contribution in [3.63, 3.8) is 0 Å². The van der Waals surface area contributed by atoms with Crippen molar-refractivity contribution in [3.05, 3.63) is 0 Å². The van der Waals surface area contributed by atoms with E-state index < -0.39 is 5.54 Å². The van der Waals surface area contributed by atoms with Crippen LogP contribution in [-0.2, 0) is 19.1 Å². The highest BCUT2D eigenvalue weighted by molar-refractivity contribution is 5.76. The lowest BCUT2D eigenvalue weighted by Gasteiger charge is -2.29. The molecule has 0 aromatic carbocycles. The Morgan fingerprint density at radius 2 is 0.892 bits per heavy atom. The van der Waals surface area contributed by atoms with Gasteiger partial charge in [-0.05, 0) is 32.9 Å². The van der Waals surface area contributed by atoms with Gasteiger partial charge in [-0.1, -0.05) is 55.4 Å². The molecule has 0 heterocycles. The van der Waals surface area contributed by atoms with Crippen molar-refractivity contribution < 1.29 is 19.1 Å². The molecule has 0 saturated heterocycles. The van der Waals surface area contributed by atoms with Crippen LogP contribution in [0.15, 0.2) is 0 Å². The molecule has 37 heavy (non-hydrogen) atoms. The maximum absolute atomic E-state index is 12.4. The molecule has 0 aliphatic heterocycles. The van der Waals surface area contributed by atoms with Crippen molar-refractivity contribution in [2.24, 2.45) is 38.9 Å². The van der Waals surface area contributed by atoms with Gasteiger partial charge in [0, 0.05) is 53.1 Å².